The van der Waals surface area contributed by atoms with E-state index in [1.807, 2.05) is 18.7 Å². The van der Waals surface area contributed by atoms with Gasteiger partial charge in [0.2, 0.25) is 5.95 Å². The monoisotopic (exact) mass is 372 g/mol. The molecule has 0 aliphatic rings. The van der Waals surface area contributed by atoms with Crippen LogP contribution in [0.15, 0.2) is 18.6 Å². The molecule has 0 atom stereocenters. The number of carbonyl (C=O) groups excluding carboxylic acids is 1. The molecule has 136 valence electrons. The van der Waals surface area contributed by atoms with Gasteiger partial charge in [0.1, 0.15) is 5.82 Å². The molecule has 0 aliphatic carbocycles. The zero-order chi connectivity index (χ0) is 18.4. The number of rotatable bonds is 8. The molecule has 7 nitrogen and oxygen atoms in total. The SMILES string of the molecule is CCN(CC)c1ncc(Cl)c(C(=O)NCCc2nccn2C(F)F)n1. The first-order chi connectivity index (χ1) is 12.0. The lowest BCUT2D eigenvalue weighted by Crippen LogP contribution is -2.29. The van der Waals surface area contributed by atoms with Crippen LogP contribution in [-0.4, -0.2) is 45.1 Å². The minimum absolute atomic E-state index is 0.0516. The van der Waals surface area contributed by atoms with Gasteiger partial charge in [0.05, 0.1) is 11.2 Å². The van der Waals surface area contributed by atoms with E-state index in [0.29, 0.717) is 19.0 Å². The van der Waals surface area contributed by atoms with Crippen LogP contribution in [0.2, 0.25) is 5.02 Å². The molecule has 10 heteroatoms. The summed E-state index contributed by atoms with van der Waals surface area (Å²) in [6, 6.07) is 0. The van der Waals surface area contributed by atoms with Gasteiger partial charge in [-0.25, -0.2) is 15.0 Å². The first-order valence-electron chi connectivity index (χ1n) is 7.83. The quantitative estimate of drug-likeness (QED) is 0.770. The highest BCUT2D eigenvalue weighted by Gasteiger charge is 2.17. The topological polar surface area (TPSA) is 75.9 Å². The van der Waals surface area contributed by atoms with Gasteiger partial charge in [-0.05, 0) is 13.8 Å². The summed E-state index contributed by atoms with van der Waals surface area (Å²) in [6.07, 6.45) is 4.02. The van der Waals surface area contributed by atoms with Crippen molar-refractivity contribution in [1.29, 1.82) is 0 Å². The summed E-state index contributed by atoms with van der Waals surface area (Å²) in [4.78, 5) is 26.4. The van der Waals surface area contributed by atoms with Crippen LogP contribution < -0.4 is 10.2 Å². The fourth-order valence-corrected chi connectivity index (χ4v) is 2.44. The van der Waals surface area contributed by atoms with Crippen molar-refractivity contribution in [2.45, 2.75) is 26.8 Å². The molecule has 1 N–H and O–H groups in total. The molecular weight excluding hydrogens is 354 g/mol. The molecule has 2 heterocycles. The van der Waals surface area contributed by atoms with Crippen LogP contribution in [0.4, 0.5) is 14.7 Å². The third-order valence-corrected chi connectivity index (χ3v) is 3.86. The van der Waals surface area contributed by atoms with E-state index in [4.69, 9.17) is 11.6 Å². The lowest BCUT2D eigenvalue weighted by molar-refractivity contribution is 0.0670. The van der Waals surface area contributed by atoms with Crippen molar-refractivity contribution in [2.75, 3.05) is 24.5 Å². The summed E-state index contributed by atoms with van der Waals surface area (Å²) in [5.41, 5.74) is 0.0516. The molecule has 25 heavy (non-hydrogen) atoms. The van der Waals surface area contributed by atoms with Gasteiger partial charge in [-0.1, -0.05) is 11.6 Å². The summed E-state index contributed by atoms with van der Waals surface area (Å²) in [5, 5.41) is 2.74. The normalized spacial score (nSPS) is 11.0. The van der Waals surface area contributed by atoms with Gasteiger partial charge in [0, 0.05) is 38.4 Å². The van der Waals surface area contributed by atoms with Gasteiger partial charge < -0.3 is 10.2 Å². The minimum atomic E-state index is -2.67. The van der Waals surface area contributed by atoms with Crippen molar-refractivity contribution >= 4 is 23.5 Å². The molecule has 0 bridgehead atoms. The second-order valence-corrected chi connectivity index (χ2v) is 5.48. The van der Waals surface area contributed by atoms with E-state index in [1.165, 1.54) is 18.6 Å². The number of alkyl halides is 2. The molecule has 0 unspecified atom stereocenters. The number of amides is 1. The van der Waals surface area contributed by atoms with Crippen molar-refractivity contribution in [3.05, 3.63) is 35.1 Å². The molecule has 2 rings (SSSR count). The Balaban J connectivity index is 2.03. The second-order valence-electron chi connectivity index (χ2n) is 5.07. The van der Waals surface area contributed by atoms with Gasteiger partial charge in [-0.2, -0.15) is 8.78 Å². The maximum atomic E-state index is 12.7. The second kappa shape index (κ2) is 8.70. The molecule has 0 fully saturated rings. The van der Waals surface area contributed by atoms with Crippen molar-refractivity contribution in [3.8, 4) is 0 Å². The number of anilines is 1. The number of hydrogen-bond acceptors (Lipinski definition) is 5. The Morgan fingerprint density at radius 3 is 2.72 bits per heavy atom. The molecule has 0 saturated heterocycles. The van der Waals surface area contributed by atoms with E-state index in [1.54, 1.807) is 0 Å². The fourth-order valence-electron chi connectivity index (χ4n) is 2.26. The number of carbonyl (C=O) groups is 1. The maximum Gasteiger partial charge on any atom is 0.319 e. The van der Waals surface area contributed by atoms with Gasteiger partial charge in [0.15, 0.2) is 5.69 Å². The Hall–Kier alpha value is -2.29. The summed E-state index contributed by atoms with van der Waals surface area (Å²) in [7, 11) is 0. The molecule has 0 radical (unpaired) electrons. The van der Waals surface area contributed by atoms with Crippen LogP contribution in [0.3, 0.4) is 0 Å². The highest BCUT2D eigenvalue weighted by Crippen LogP contribution is 2.16. The Bertz CT molecular complexity index is 720. The Morgan fingerprint density at radius 2 is 2.08 bits per heavy atom. The van der Waals surface area contributed by atoms with E-state index < -0.39 is 12.5 Å². The summed E-state index contributed by atoms with van der Waals surface area (Å²) >= 11 is 6.01. The van der Waals surface area contributed by atoms with Gasteiger partial charge in [-0.3, -0.25) is 9.36 Å². The molecule has 2 aromatic rings. The number of nitrogens with one attached hydrogen (secondary N) is 1. The summed E-state index contributed by atoms with van der Waals surface area (Å²) in [5.74, 6) is 0.108. The average molecular weight is 373 g/mol. The van der Waals surface area contributed by atoms with Crippen LogP contribution in [0.25, 0.3) is 0 Å². The van der Waals surface area contributed by atoms with Crippen molar-refractivity contribution in [3.63, 3.8) is 0 Å². The highest BCUT2D eigenvalue weighted by atomic mass is 35.5. The zero-order valence-electron chi connectivity index (χ0n) is 13.9. The van der Waals surface area contributed by atoms with Crippen LogP contribution in [0.1, 0.15) is 36.7 Å². The molecule has 0 aromatic carbocycles. The molecule has 0 saturated carbocycles. The molecule has 1 amide bonds. The predicted octanol–water partition coefficient (Wildman–Crippen LogP) is 2.54. The van der Waals surface area contributed by atoms with E-state index in [9.17, 15) is 13.6 Å². The minimum Gasteiger partial charge on any atom is -0.350 e. The molecule has 2 aromatic heterocycles. The van der Waals surface area contributed by atoms with Crippen LogP contribution >= 0.6 is 11.6 Å². The number of aromatic nitrogens is 4. The standard InChI is InChI=1S/C15H19ClF2N6O/c1-3-23(4-2)15-21-9-10(16)12(22-15)13(25)20-6-5-11-19-7-8-24(11)14(17)18/h7-9,14H,3-6H2,1-2H3,(H,20,25). The highest BCUT2D eigenvalue weighted by molar-refractivity contribution is 6.33. The fraction of sp³-hybridized carbons (Fsp3) is 0.467. The number of halogens is 3. The van der Waals surface area contributed by atoms with Crippen LogP contribution in [-0.2, 0) is 6.42 Å². The van der Waals surface area contributed by atoms with Crippen molar-refractivity contribution in [1.82, 2.24) is 24.8 Å². The Kier molecular flexibility index (Phi) is 6.63. The van der Waals surface area contributed by atoms with Crippen molar-refractivity contribution in [2.24, 2.45) is 0 Å². The number of nitrogens with zero attached hydrogens (tertiary/aromatic N) is 5. The van der Waals surface area contributed by atoms with Gasteiger partial charge in [0.25, 0.3) is 5.91 Å². The van der Waals surface area contributed by atoms with Gasteiger partial charge in [-0.15, -0.1) is 0 Å². The third-order valence-electron chi connectivity index (χ3n) is 3.59. The predicted molar refractivity (Wildman–Crippen MR) is 90.1 cm³/mol. The largest absolute Gasteiger partial charge is 0.350 e. The summed E-state index contributed by atoms with van der Waals surface area (Å²) < 4.78 is 26.2. The average Bonchev–Trinajstić information content (AvgIpc) is 3.06. The van der Waals surface area contributed by atoms with E-state index in [2.05, 4.69) is 20.3 Å². The number of imidazole rings is 1. The van der Waals surface area contributed by atoms with Crippen LogP contribution in [0, 0.1) is 0 Å². The molecule has 0 aliphatic heterocycles. The van der Waals surface area contributed by atoms with E-state index in [0.717, 1.165) is 4.57 Å². The van der Waals surface area contributed by atoms with E-state index >= 15 is 0 Å². The molecular formula is C15H19ClF2N6O. The number of hydrogen-bond donors (Lipinski definition) is 1. The smallest absolute Gasteiger partial charge is 0.319 e. The van der Waals surface area contributed by atoms with E-state index in [-0.39, 0.29) is 29.5 Å². The maximum absolute atomic E-state index is 12.7. The Morgan fingerprint density at radius 1 is 1.36 bits per heavy atom. The van der Waals surface area contributed by atoms with Crippen molar-refractivity contribution < 1.29 is 13.6 Å². The lowest BCUT2D eigenvalue weighted by atomic mass is 10.3. The zero-order valence-corrected chi connectivity index (χ0v) is 14.7. The van der Waals surface area contributed by atoms with Gasteiger partial charge >= 0.3 is 6.55 Å². The molecule has 0 spiro atoms. The van der Waals surface area contributed by atoms with Crippen LogP contribution in [0.5, 0.6) is 0 Å². The lowest BCUT2D eigenvalue weighted by Gasteiger charge is -2.19. The first-order valence-corrected chi connectivity index (χ1v) is 8.21. The Labute approximate surface area is 149 Å². The first kappa shape index (κ1) is 19.0. The summed E-state index contributed by atoms with van der Waals surface area (Å²) in [6.45, 7) is 2.74. The third kappa shape index (κ3) is 4.62.